The Hall–Kier alpha value is -0.120. The van der Waals surface area contributed by atoms with Gasteiger partial charge < -0.3 is 10.2 Å². The van der Waals surface area contributed by atoms with Crippen molar-refractivity contribution in [3.63, 3.8) is 0 Å². The highest BCUT2D eigenvalue weighted by atomic mass is 15.3. The summed E-state index contributed by atoms with van der Waals surface area (Å²) in [5.74, 6) is 0. The van der Waals surface area contributed by atoms with Crippen LogP contribution < -0.4 is 5.32 Å². The van der Waals surface area contributed by atoms with Gasteiger partial charge in [-0.2, -0.15) is 0 Å². The average molecular weight is 251 g/mol. The van der Waals surface area contributed by atoms with Crippen LogP contribution in [-0.2, 0) is 0 Å². The van der Waals surface area contributed by atoms with E-state index in [4.69, 9.17) is 0 Å². The van der Waals surface area contributed by atoms with Gasteiger partial charge in [0, 0.05) is 31.2 Å². The van der Waals surface area contributed by atoms with Gasteiger partial charge in [0.2, 0.25) is 0 Å². The quantitative estimate of drug-likeness (QED) is 0.765. The van der Waals surface area contributed by atoms with Crippen LogP contribution >= 0.6 is 0 Å². The van der Waals surface area contributed by atoms with E-state index in [0.717, 1.165) is 6.04 Å². The Bertz CT molecular complexity index is 257. The van der Waals surface area contributed by atoms with Crippen molar-refractivity contribution in [3.05, 3.63) is 0 Å². The van der Waals surface area contributed by atoms with Gasteiger partial charge in [-0.3, -0.25) is 4.90 Å². The van der Waals surface area contributed by atoms with E-state index in [-0.39, 0.29) is 0 Å². The Morgan fingerprint density at radius 1 is 1.00 bits per heavy atom. The van der Waals surface area contributed by atoms with Crippen molar-refractivity contribution in [2.45, 2.75) is 56.5 Å². The first-order chi connectivity index (χ1) is 8.80. The first kappa shape index (κ1) is 12.9. The lowest BCUT2D eigenvalue weighted by Gasteiger charge is -2.54. The molecule has 2 aliphatic heterocycles. The molecule has 0 radical (unpaired) electrons. The van der Waals surface area contributed by atoms with E-state index < -0.39 is 0 Å². The Labute approximate surface area is 112 Å². The molecule has 104 valence electrons. The molecule has 1 aliphatic carbocycles. The molecule has 0 amide bonds. The van der Waals surface area contributed by atoms with Crippen LogP contribution in [0.1, 0.15) is 44.9 Å². The standard InChI is InChI=1S/C15H29N3/c1-17-10-5-14(6-11-17)18-12-9-16-13-15(18)7-3-2-4-8-15/h14,16H,2-13H2,1H3. The molecule has 3 nitrogen and oxygen atoms in total. The van der Waals surface area contributed by atoms with Crippen LogP contribution in [0.15, 0.2) is 0 Å². The highest BCUT2D eigenvalue weighted by molar-refractivity contribution is 5.01. The van der Waals surface area contributed by atoms with Gasteiger partial charge in [0.25, 0.3) is 0 Å². The van der Waals surface area contributed by atoms with Gasteiger partial charge in [-0.05, 0) is 45.8 Å². The maximum Gasteiger partial charge on any atom is 0.0337 e. The zero-order valence-electron chi connectivity index (χ0n) is 12.0. The summed E-state index contributed by atoms with van der Waals surface area (Å²) in [5, 5.41) is 3.67. The van der Waals surface area contributed by atoms with E-state index in [1.54, 1.807) is 0 Å². The first-order valence-electron chi connectivity index (χ1n) is 7.96. The van der Waals surface area contributed by atoms with Crippen LogP contribution in [0.3, 0.4) is 0 Å². The summed E-state index contributed by atoms with van der Waals surface area (Å²) in [6.07, 6.45) is 10.0. The number of hydrogen-bond acceptors (Lipinski definition) is 3. The van der Waals surface area contributed by atoms with Crippen molar-refractivity contribution in [3.8, 4) is 0 Å². The third kappa shape index (κ3) is 2.45. The first-order valence-corrected chi connectivity index (χ1v) is 7.96. The van der Waals surface area contributed by atoms with E-state index in [0.29, 0.717) is 5.54 Å². The van der Waals surface area contributed by atoms with Crippen molar-refractivity contribution < 1.29 is 0 Å². The van der Waals surface area contributed by atoms with Gasteiger partial charge in [0.05, 0.1) is 0 Å². The normalized spacial score (nSPS) is 31.8. The molecule has 1 N–H and O–H groups in total. The molecule has 0 aromatic rings. The minimum absolute atomic E-state index is 0.525. The van der Waals surface area contributed by atoms with Crippen LogP contribution in [0, 0.1) is 0 Å². The topological polar surface area (TPSA) is 18.5 Å². The van der Waals surface area contributed by atoms with E-state index in [2.05, 4.69) is 22.2 Å². The fraction of sp³-hybridized carbons (Fsp3) is 1.00. The summed E-state index contributed by atoms with van der Waals surface area (Å²) in [5.41, 5.74) is 0.525. The monoisotopic (exact) mass is 251 g/mol. The van der Waals surface area contributed by atoms with Crippen LogP contribution in [-0.4, -0.2) is 61.2 Å². The summed E-state index contributed by atoms with van der Waals surface area (Å²) >= 11 is 0. The molecule has 1 saturated carbocycles. The Morgan fingerprint density at radius 2 is 1.72 bits per heavy atom. The summed E-state index contributed by atoms with van der Waals surface area (Å²) in [7, 11) is 2.27. The molecule has 0 unspecified atom stereocenters. The molecule has 3 fully saturated rings. The van der Waals surface area contributed by atoms with E-state index >= 15 is 0 Å². The highest BCUT2D eigenvalue weighted by Gasteiger charge is 2.43. The van der Waals surface area contributed by atoms with Crippen LogP contribution in [0.5, 0.6) is 0 Å². The molecule has 3 aliphatic rings. The maximum atomic E-state index is 3.67. The number of likely N-dealkylation sites (tertiary alicyclic amines) is 1. The maximum absolute atomic E-state index is 3.67. The Balaban J connectivity index is 1.71. The molecule has 3 heteroatoms. The van der Waals surface area contributed by atoms with Crippen LogP contribution in [0.4, 0.5) is 0 Å². The number of piperazine rings is 1. The molecule has 0 aromatic carbocycles. The fourth-order valence-corrected chi connectivity index (χ4v) is 4.41. The zero-order valence-corrected chi connectivity index (χ0v) is 12.0. The minimum Gasteiger partial charge on any atom is -0.314 e. The number of nitrogens with one attached hydrogen (secondary N) is 1. The van der Waals surface area contributed by atoms with Gasteiger partial charge in [-0.1, -0.05) is 19.3 Å². The van der Waals surface area contributed by atoms with Gasteiger partial charge in [0.1, 0.15) is 0 Å². The predicted molar refractivity (Wildman–Crippen MR) is 75.9 cm³/mol. The molecule has 3 rings (SSSR count). The summed E-state index contributed by atoms with van der Waals surface area (Å²) in [4.78, 5) is 5.42. The Morgan fingerprint density at radius 3 is 2.44 bits per heavy atom. The second kappa shape index (κ2) is 5.48. The van der Waals surface area contributed by atoms with Gasteiger partial charge in [0.15, 0.2) is 0 Å². The summed E-state index contributed by atoms with van der Waals surface area (Å²) in [6, 6.07) is 0.862. The number of piperidine rings is 1. The third-order valence-electron chi connectivity index (χ3n) is 5.51. The number of rotatable bonds is 1. The van der Waals surface area contributed by atoms with E-state index in [9.17, 15) is 0 Å². The van der Waals surface area contributed by atoms with Crippen molar-refractivity contribution in [2.24, 2.45) is 0 Å². The summed E-state index contributed by atoms with van der Waals surface area (Å²) in [6.45, 7) is 6.33. The van der Waals surface area contributed by atoms with Crippen molar-refractivity contribution in [2.75, 3.05) is 39.8 Å². The minimum atomic E-state index is 0.525. The van der Waals surface area contributed by atoms with Crippen molar-refractivity contribution >= 4 is 0 Å². The Kier molecular flexibility index (Phi) is 3.92. The lowest BCUT2D eigenvalue weighted by atomic mass is 9.77. The molecule has 0 aromatic heterocycles. The SMILES string of the molecule is CN1CCC(N2CCNCC23CCCCC3)CC1. The molecule has 1 spiro atoms. The van der Waals surface area contributed by atoms with E-state index in [1.165, 1.54) is 77.7 Å². The second-order valence-corrected chi connectivity index (χ2v) is 6.69. The molecule has 18 heavy (non-hydrogen) atoms. The largest absolute Gasteiger partial charge is 0.314 e. The lowest BCUT2D eigenvalue weighted by molar-refractivity contribution is -0.0251. The third-order valence-corrected chi connectivity index (χ3v) is 5.51. The molecule has 2 heterocycles. The van der Waals surface area contributed by atoms with Gasteiger partial charge in [-0.25, -0.2) is 0 Å². The van der Waals surface area contributed by atoms with Gasteiger partial charge >= 0.3 is 0 Å². The zero-order chi connectivity index (χ0) is 12.4. The smallest absolute Gasteiger partial charge is 0.0337 e. The average Bonchev–Trinajstić information content (AvgIpc) is 2.42. The number of hydrogen-bond donors (Lipinski definition) is 1. The number of nitrogens with zero attached hydrogens (tertiary/aromatic N) is 2. The van der Waals surface area contributed by atoms with Gasteiger partial charge in [-0.15, -0.1) is 0 Å². The van der Waals surface area contributed by atoms with E-state index in [1.807, 2.05) is 0 Å². The molecule has 0 atom stereocenters. The second-order valence-electron chi connectivity index (χ2n) is 6.69. The molecular weight excluding hydrogens is 222 g/mol. The van der Waals surface area contributed by atoms with Crippen molar-refractivity contribution in [1.29, 1.82) is 0 Å². The fourth-order valence-electron chi connectivity index (χ4n) is 4.41. The molecule has 0 bridgehead atoms. The predicted octanol–water partition coefficient (Wildman–Crippen LogP) is 1.69. The molecular formula is C15H29N3. The van der Waals surface area contributed by atoms with Crippen LogP contribution in [0.2, 0.25) is 0 Å². The lowest BCUT2D eigenvalue weighted by Crippen LogP contribution is -2.65. The molecule has 2 saturated heterocycles. The van der Waals surface area contributed by atoms with Crippen LogP contribution in [0.25, 0.3) is 0 Å². The van der Waals surface area contributed by atoms with Crippen molar-refractivity contribution in [1.82, 2.24) is 15.1 Å². The summed E-state index contributed by atoms with van der Waals surface area (Å²) < 4.78 is 0. The highest BCUT2D eigenvalue weighted by Crippen LogP contribution is 2.37.